The Balaban J connectivity index is 2.31. The van der Waals surface area contributed by atoms with E-state index in [2.05, 4.69) is 5.10 Å². The van der Waals surface area contributed by atoms with Crippen LogP contribution in [-0.2, 0) is 23.2 Å². The Labute approximate surface area is 82.3 Å². The fraction of sp³-hybridized carbons (Fsp3) is 0.556. The van der Waals surface area contributed by atoms with E-state index in [0.29, 0.717) is 6.61 Å². The minimum absolute atomic E-state index is 0.0385. The Bertz CT molecular complexity index is 320. The van der Waals surface area contributed by atoms with Gasteiger partial charge in [0.2, 0.25) is 0 Å². The molecule has 1 aromatic heterocycles. The Morgan fingerprint density at radius 2 is 2.43 bits per heavy atom. The van der Waals surface area contributed by atoms with Crippen molar-refractivity contribution in [3.8, 4) is 0 Å². The highest BCUT2D eigenvalue weighted by atomic mass is 16.5. The van der Waals surface area contributed by atoms with E-state index in [1.54, 1.807) is 4.68 Å². The van der Waals surface area contributed by atoms with E-state index in [1.807, 2.05) is 20.0 Å². The second kappa shape index (κ2) is 4.76. The predicted octanol–water partition coefficient (Wildman–Crippen LogP) is 0.720. The van der Waals surface area contributed by atoms with Gasteiger partial charge in [-0.25, -0.2) is 0 Å². The molecule has 0 saturated carbocycles. The van der Waals surface area contributed by atoms with Crippen LogP contribution >= 0.6 is 0 Å². The van der Waals surface area contributed by atoms with Gasteiger partial charge in [-0.2, -0.15) is 5.10 Å². The molecule has 0 atom stereocenters. The average molecular weight is 198 g/mol. The summed E-state index contributed by atoms with van der Waals surface area (Å²) in [5, 5.41) is 12.5. The van der Waals surface area contributed by atoms with Crippen LogP contribution in [0.1, 0.15) is 17.8 Å². The fourth-order valence-electron chi connectivity index (χ4n) is 1.14. The maximum atomic E-state index is 10.2. The summed E-state index contributed by atoms with van der Waals surface area (Å²) in [5.41, 5.74) is 1.89. The maximum absolute atomic E-state index is 10.2. The lowest BCUT2D eigenvalue weighted by Gasteiger charge is -2.02. The number of carbonyl (C=O) groups is 1. The van der Waals surface area contributed by atoms with Gasteiger partial charge in [-0.05, 0) is 13.0 Å². The molecule has 0 aliphatic rings. The number of rotatable bonds is 5. The third-order valence-corrected chi connectivity index (χ3v) is 1.81. The van der Waals surface area contributed by atoms with E-state index in [-0.39, 0.29) is 13.0 Å². The van der Waals surface area contributed by atoms with Crippen LogP contribution in [0.4, 0.5) is 0 Å². The summed E-state index contributed by atoms with van der Waals surface area (Å²) in [6, 6.07) is 1.92. The third-order valence-electron chi connectivity index (χ3n) is 1.81. The van der Waals surface area contributed by atoms with Gasteiger partial charge in [-0.3, -0.25) is 9.48 Å². The molecule has 0 spiro atoms. The summed E-state index contributed by atoms with van der Waals surface area (Å²) < 4.78 is 6.92. The first kappa shape index (κ1) is 10.7. The molecule has 1 heterocycles. The molecule has 0 unspecified atom stereocenters. The summed E-state index contributed by atoms with van der Waals surface area (Å²) in [4.78, 5) is 10.2. The van der Waals surface area contributed by atoms with Crippen LogP contribution in [0.15, 0.2) is 6.07 Å². The second-order valence-corrected chi connectivity index (χ2v) is 3.10. The van der Waals surface area contributed by atoms with Crippen molar-refractivity contribution < 1.29 is 14.6 Å². The Morgan fingerprint density at radius 1 is 1.71 bits per heavy atom. The molecule has 0 fully saturated rings. The van der Waals surface area contributed by atoms with Crippen molar-refractivity contribution in [3.63, 3.8) is 0 Å². The molecule has 0 saturated heterocycles. The van der Waals surface area contributed by atoms with Gasteiger partial charge in [0.15, 0.2) is 0 Å². The highest BCUT2D eigenvalue weighted by Crippen LogP contribution is 2.03. The van der Waals surface area contributed by atoms with Crippen molar-refractivity contribution in [1.82, 2.24) is 9.78 Å². The molecule has 14 heavy (non-hydrogen) atoms. The normalized spacial score (nSPS) is 10.4. The lowest BCUT2D eigenvalue weighted by molar-refractivity contribution is -0.138. The Hall–Kier alpha value is -1.36. The van der Waals surface area contributed by atoms with E-state index < -0.39 is 5.97 Å². The number of carboxylic acids is 1. The molecule has 0 radical (unpaired) electrons. The first-order chi connectivity index (χ1) is 6.59. The number of aliphatic carboxylic acids is 1. The molecular weight excluding hydrogens is 184 g/mol. The zero-order chi connectivity index (χ0) is 10.6. The van der Waals surface area contributed by atoms with Gasteiger partial charge in [0.05, 0.1) is 31.0 Å². The number of carboxylic acid groups (broad SMARTS) is 1. The van der Waals surface area contributed by atoms with Crippen molar-refractivity contribution in [2.75, 3.05) is 6.61 Å². The standard InChI is InChI=1S/C9H14N2O3/c1-7-5-8(11(2)10-7)6-14-4-3-9(12)13/h5H,3-4,6H2,1-2H3,(H,12,13). The Kier molecular flexibility index (Phi) is 3.64. The van der Waals surface area contributed by atoms with Crippen LogP contribution in [0.3, 0.4) is 0 Å². The quantitative estimate of drug-likeness (QED) is 0.708. The number of nitrogens with zero attached hydrogens (tertiary/aromatic N) is 2. The molecule has 0 bridgehead atoms. The van der Waals surface area contributed by atoms with Crippen LogP contribution in [0, 0.1) is 6.92 Å². The molecule has 78 valence electrons. The van der Waals surface area contributed by atoms with E-state index in [1.165, 1.54) is 0 Å². The minimum Gasteiger partial charge on any atom is -0.481 e. The summed E-state index contributed by atoms with van der Waals surface area (Å²) in [7, 11) is 1.84. The third kappa shape index (κ3) is 3.18. The van der Waals surface area contributed by atoms with Gasteiger partial charge in [0.25, 0.3) is 0 Å². The van der Waals surface area contributed by atoms with E-state index in [9.17, 15) is 4.79 Å². The number of aryl methyl sites for hydroxylation is 2. The van der Waals surface area contributed by atoms with Gasteiger partial charge in [0.1, 0.15) is 0 Å². The predicted molar refractivity (Wildman–Crippen MR) is 49.9 cm³/mol. The van der Waals surface area contributed by atoms with Crippen LogP contribution in [-0.4, -0.2) is 27.5 Å². The number of hydrogen-bond donors (Lipinski definition) is 1. The highest BCUT2D eigenvalue weighted by Gasteiger charge is 2.02. The van der Waals surface area contributed by atoms with Crippen LogP contribution in [0.2, 0.25) is 0 Å². The molecule has 1 N–H and O–H groups in total. The summed E-state index contributed by atoms with van der Waals surface area (Å²) in [5.74, 6) is -0.841. The van der Waals surface area contributed by atoms with Crippen molar-refractivity contribution in [3.05, 3.63) is 17.5 Å². The molecular formula is C9H14N2O3. The first-order valence-electron chi connectivity index (χ1n) is 4.38. The van der Waals surface area contributed by atoms with Crippen molar-refractivity contribution in [2.24, 2.45) is 7.05 Å². The maximum Gasteiger partial charge on any atom is 0.305 e. The molecule has 0 aromatic carbocycles. The smallest absolute Gasteiger partial charge is 0.305 e. The lowest BCUT2D eigenvalue weighted by Crippen LogP contribution is -2.05. The topological polar surface area (TPSA) is 64.3 Å². The van der Waals surface area contributed by atoms with Crippen molar-refractivity contribution in [1.29, 1.82) is 0 Å². The molecule has 1 aromatic rings. The molecule has 0 amide bonds. The first-order valence-corrected chi connectivity index (χ1v) is 4.38. The molecule has 0 aliphatic heterocycles. The minimum atomic E-state index is -0.841. The Morgan fingerprint density at radius 3 is 2.93 bits per heavy atom. The summed E-state index contributed by atoms with van der Waals surface area (Å²) in [6.45, 7) is 2.55. The van der Waals surface area contributed by atoms with E-state index in [0.717, 1.165) is 11.4 Å². The van der Waals surface area contributed by atoms with Gasteiger partial charge in [-0.15, -0.1) is 0 Å². The average Bonchev–Trinajstić information content (AvgIpc) is 2.39. The summed E-state index contributed by atoms with van der Waals surface area (Å²) in [6.07, 6.45) is 0.0385. The van der Waals surface area contributed by atoms with Crippen LogP contribution in [0.25, 0.3) is 0 Å². The monoisotopic (exact) mass is 198 g/mol. The van der Waals surface area contributed by atoms with Crippen LogP contribution in [0.5, 0.6) is 0 Å². The fourth-order valence-corrected chi connectivity index (χ4v) is 1.14. The molecule has 5 heteroatoms. The van der Waals surface area contributed by atoms with Crippen LogP contribution < -0.4 is 0 Å². The van der Waals surface area contributed by atoms with Crippen molar-refractivity contribution in [2.45, 2.75) is 20.0 Å². The number of aromatic nitrogens is 2. The highest BCUT2D eigenvalue weighted by molar-refractivity contribution is 5.66. The lowest BCUT2D eigenvalue weighted by atomic mass is 10.4. The molecule has 0 aliphatic carbocycles. The number of ether oxygens (including phenoxy) is 1. The zero-order valence-corrected chi connectivity index (χ0v) is 8.36. The number of hydrogen-bond acceptors (Lipinski definition) is 3. The second-order valence-electron chi connectivity index (χ2n) is 3.10. The van der Waals surface area contributed by atoms with E-state index in [4.69, 9.17) is 9.84 Å². The van der Waals surface area contributed by atoms with Gasteiger partial charge in [0, 0.05) is 7.05 Å². The van der Waals surface area contributed by atoms with Gasteiger partial charge < -0.3 is 9.84 Å². The molecule has 5 nitrogen and oxygen atoms in total. The van der Waals surface area contributed by atoms with Crippen molar-refractivity contribution >= 4 is 5.97 Å². The van der Waals surface area contributed by atoms with Gasteiger partial charge in [-0.1, -0.05) is 0 Å². The largest absolute Gasteiger partial charge is 0.481 e. The zero-order valence-electron chi connectivity index (χ0n) is 8.36. The van der Waals surface area contributed by atoms with Gasteiger partial charge >= 0.3 is 5.97 Å². The van der Waals surface area contributed by atoms with E-state index >= 15 is 0 Å². The summed E-state index contributed by atoms with van der Waals surface area (Å²) >= 11 is 0. The molecule has 1 rings (SSSR count). The SMILES string of the molecule is Cc1cc(COCCC(=O)O)n(C)n1.